The lowest BCUT2D eigenvalue weighted by Crippen LogP contribution is -2.16. The summed E-state index contributed by atoms with van der Waals surface area (Å²) in [5.74, 6) is -0.650. The summed E-state index contributed by atoms with van der Waals surface area (Å²) in [6.45, 7) is 1.52. The standard InChI is InChI=1S/C5H10N2O4/c1-3-11-6-7(9)4-5(8)10-2/h3-4H2,1-2H3/b7-6-. The predicted molar refractivity (Wildman–Crippen MR) is 34.6 cm³/mol. The molecule has 6 heteroatoms. The Balaban J connectivity index is 3.66. The van der Waals surface area contributed by atoms with Gasteiger partial charge in [0.15, 0.2) is 5.28 Å². The van der Waals surface area contributed by atoms with E-state index in [1.54, 1.807) is 6.92 Å². The van der Waals surface area contributed by atoms with E-state index in [2.05, 4.69) is 14.9 Å². The molecule has 11 heavy (non-hydrogen) atoms. The lowest BCUT2D eigenvalue weighted by Gasteiger charge is -1.97. The largest absolute Gasteiger partial charge is 0.597 e. The quantitative estimate of drug-likeness (QED) is 0.254. The maximum atomic E-state index is 10.5. The average Bonchev–Trinajstić information content (AvgIpc) is 2.00. The topological polar surface area (TPSA) is 74.0 Å². The van der Waals surface area contributed by atoms with Gasteiger partial charge in [0.25, 0.3) is 6.54 Å². The van der Waals surface area contributed by atoms with Gasteiger partial charge in [-0.25, -0.2) is 4.79 Å². The molecule has 0 aromatic carbocycles. The fraction of sp³-hybridized carbons (Fsp3) is 0.800. The van der Waals surface area contributed by atoms with Crippen molar-refractivity contribution in [1.82, 2.24) is 0 Å². The molecule has 0 spiro atoms. The van der Waals surface area contributed by atoms with E-state index in [1.807, 2.05) is 0 Å². The van der Waals surface area contributed by atoms with Gasteiger partial charge in [-0.2, -0.15) is 0 Å². The van der Waals surface area contributed by atoms with Crippen LogP contribution in [0.25, 0.3) is 0 Å². The SMILES string of the molecule is CCO/N=[N+](\[O-])CC(=O)OC. The van der Waals surface area contributed by atoms with Crippen molar-refractivity contribution in [2.24, 2.45) is 5.28 Å². The fourth-order valence-electron chi connectivity index (χ4n) is 0.326. The molecular formula is C5H10N2O4. The highest BCUT2D eigenvalue weighted by Gasteiger charge is 2.06. The first-order valence-electron chi connectivity index (χ1n) is 3.05. The number of ether oxygens (including phenoxy) is 1. The third-order valence-corrected chi connectivity index (χ3v) is 0.770. The highest BCUT2D eigenvalue weighted by atomic mass is 16.7. The zero-order valence-corrected chi connectivity index (χ0v) is 6.44. The van der Waals surface area contributed by atoms with Crippen LogP contribution < -0.4 is 0 Å². The molecule has 0 bridgehead atoms. The van der Waals surface area contributed by atoms with E-state index >= 15 is 0 Å². The van der Waals surface area contributed by atoms with Crippen molar-refractivity contribution in [1.29, 1.82) is 0 Å². The van der Waals surface area contributed by atoms with Gasteiger partial charge in [-0.3, -0.25) is 0 Å². The van der Waals surface area contributed by atoms with Gasteiger partial charge in [0.1, 0.15) is 6.61 Å². The van der Waals surface area contributed by atoms with Crippen LogP contribution >= 0.6 is 0 Å². The zero-order valence-electron chi connectivity index (χ0n) is 6.44. The lowest BCUT2D eigenvalue weighted by atomic mass is 10.7. The maximum Gasteiger partial charge on any atom is 0.376 e. The monoisotopic (exact) mass is 162 g/mol. The van der Waals surface area contributed by atoms with E-state index < -0.39 is 12.5 Å². The number of hydrogen-bond donors (Lipinski definition) is 0. The molecule has 0 saturated heterocycles. The molecule has 0 atom stereocenters. The summed E-state index contributed by atoms with van der Waals surface area (Å²) in [6, 6.07) is 0. The Morgan fingerprint density at radius 2 is 2.36 bits per heavy atom. The van der Waals surface area contributed by atoms with Crippen molar-refractivity contribution in [3.63, 3.8) is 0 Å². The molecule has 64 valence electrons. The maximum absolute atomic E-state index is 10.5. The average molecular weight is 162 g/mol. The first-order chi connectivity index (χ1) is 5.20. The summed E-state index contributed by atoms with van der Waals surface area (Å²) < 4.78 is 4.20. The van der Waals surface area contributed by atoms with E-state index in [1.165, 1.54) is 7.11 Å². The second-order valence-corrected chi connectivity index (χ2v) is 1.59. The Labute approximate surface area is 63.9 Å². The lowest BCUT2D eigenvalue weighted by molar-refractivity contribution is -0.549. The smallest absolute Gasteiger partial charge is 0.376 e. The number of nitrogens with zero attached hydrogens (tertiary/aromatic N) is 2. The minimum Gasteiger partial charge on any atom is -0.597 e. The molecule has 0 aromatic heterocycles. The Kier molecular flexibility index (Phi) is 4.80. The zero-order chi connectivity index (χ0) is 8.69. The number of hydrogen-bond acceptors (Lipinski definition) is 5. The van der Waals surface area contributed by atoms with E-state index in [0.717, 1.165) is 0 Å². The van der Waals surface area contributed by atoms with Crippen LogP contribution in [0.15, 0.2) is 5.28 Å². The molecule has 0 heterocycles. The molecule has 0 radical (unpaired) electrons. The number of carbonyl (C=O) groups is 1. The number of methoxy groups -OCH3 is 1. The molecule has 0 amide bonds. The predicted octanol–water partition coefficient (Wildman–Crippen LogP) is 0.0734. The number of esters is 1. The van der Waals surface area contributed by atoms with Gasteiger partial charge >= 0.3 is 5.97 Å². The molecule has 0 aromatic rings. The highest BCUT2D eigenvalue weighted by molar-refractivity contribution is 5.70. The van der Waals surface area contributed by atoms with Gasteiger partial charge in [-0.1, -0.05) is 0 Å². The normalized spacial score (nSPS) is 10.9. The van der Waals surface area contributed by atoms with Crippen LogP contribution in [0.4, 0.5) is 0 Å². The first kappa shape index (κ1) is 9.67. The Morgan fingerprint density at radius 1 is 1.73 bits per heavy atom. The van der Waals surface area contributed by atoms with Crippen LogP contribution in [0, 0.1) is 5.21 Å². The van der Waals surface area contributed by atoms with Crippen molar-refractivity contribution in [2.45, 2.75) is 6.92 Å². The van der Waals surface area contributed by atoms with Crippen molar-refractivity contribution in [2.75, 3.05) is 20.3 Å². The highest BCUT2D eigenvalue weighted by Crippen LogP contribution is 1.81. The van der Waals surface area contributed by atoms with Gasteiger partial charge in [0.05, 0.1) is 7.11 Å². The molecule has 0 saturated carbocycles. The third kappa shape index (κ3) is 5.13. The van der Waals surface area contributed by atoms with E-state index in [4.69, 9.17) is 0 Å². The van der Waals surface area contributed by atoms with Crippen LogP contribution in [0.3, 0.4) is 0 Å². The fourth-order valence-corrected chi connectivity index (χ4v) is 0.326. The van der Waals surface area contributed by atoms with Crippen LogP contribution in [0.5, 0.6) is 0 Å². The number of carbonyl (C=O) groups excluding carboxylic acids is 1. The van der Waals surface area contributed by atoms with Gasteiger partial charge in [0.2, 0.25) is 0 Å². The van der Waals surface area contributed by atoms with Crippen LogP contribution in [0.1, 0.15) is 6.92 Å². The first-order valence-corrected chi connectivity index (χ1v) is 3.05. The van der Waals surface area contributed by atoms with E-state index in [9.17, 15) is 10.0 Å². The number of rotatable bonds is 4. The molecule has 0 fully saturated rings. The molecule has 0 rings (SSSR count). The van der Waals surface area contributed by atoms with E-state index in [0.29, 0.717) is 6.61 Å². The molecule has 0 aliphatic heterocycles. The summed E-state index contributed by atoms with van der Waals surface area (Å²) >= 11 is 0. The van der Waals surface area contributed by atoms with Crippen molar-refractivity contribution < 1.29 is 19.2 Å². The molecular weight excluding hydrogens is 152 g/mol. The van der Waals surface area contributed by atoms with Crippen molar-refractivity contribution in [3.8, 4) is 0 Å². The van der Waals surface area contributed by atoms with Crippen LogP contribution in [-0.4, -0.2) is 31.1 Å². The van der Waals surface area contributed by atoms with Crippen LogP contribution in [0.2, 0.25) is 0 Å². The molecule has 0 aliphatic rings. The minimum absolute atomic E-state index is 0.120. The molecule has 6 nitrogen and oxygen atoms in total. The Hall–Kier alpha value is -1.33. The third-order valence-electron chi connectivity index (χ3n) is 0.770. The summed E-state index contributed by atoms with van der Waals surface area (Å²) in [7, 11) is 1.19. The molecule has 0 aliphatic carbocycles. The summed E-state index contributed by atoms with van der Waals surface area (Å²) in [6.07, 6.45) is 0. The van der Waals surface area contributed by atoms with Gasteiger partial charge in [-0.05, 0) is 11.8 Å². The second-order valence-electron chi connectivity index (χ2n) is 1.59. The van der Waals surface area contributed by atoms with E-state index in [-0.39, 0.29) is 4.86 Å². The van der Waals surface area contributed by atoms with Crippen molar-refractivity contribution >= 4 is 5.97 Å². The summed E-state index contributed by atoms with van der Waals surface area (Å²) in [4.78, 5) is 14.9. The number of hydroxylamine groups is 1. The van der Waals surface area contributed by atoms with Gasteiger partial charge in [-0.15, -0.1) is 0 Å². The Morgan fingerprint density at radius 3 is 2.82 bits per heavy atom. The van der Waals surface area contributed by atoms with Crippen LogP contribution in [-0.2, 0) is 14.4 Å². The molecule has 0 N–H and O–H groups in total. The second kappa shape index (κ2) is 5.45. The summed E-state index contributed by atoms with van der Waals surface area (Å²) in [5.41, 5.74) is 0. The molecule has 0 unspecified atom stereocenters. The van der Waals surface area contributed by atoms with Gasteiger partial charge in [0, 0.05) is 0 Å². The summed E-state index contributed by atoms with van der Waals surface area (Å²) in [5, 5.41) is 13.5. The van der Waals surface area contributed by atoms with Gasteiger partial charge < -0.3 is 14.8 Å². The van der Waals surface area contributed by atoms with Crippen molar-refractivity contribution in [3.05, 3.63) is 5.21 Å². The minimum atomic E-state index is -0.650. The Bertz CT molecular complexity index is 157.